The zero-order chi connectivity index (χ0) is 24.9. The van der Waals surface area contributed by atoms with E-state index in [0.29, 0.717) is 25.1 Å². The van der Waals surface area contributed by atoms with Crippen LogP contribution in [0.25, 0.3) is 0 Å². The van der Waals surface area contributed by atoms with Crippen LogP contribution >= 0.6 is 0 Å². The van der Waals surface area contributed by atoms with Crippen LogP contribution < -0.4 is 16.4 Å². The van der Waals surface area contributed by atoms with Crippen molar-refractivity contribution in [1.82, 2.24) is 30.4 Å². The zero-order valence-corrected chi connectivity index (χ0v) is 19.5. The number of aromatic nitrogens is 2. The Bertz CT molecular complexity index is 1090. The number of H-pyrrole nitrogens is 1. The Balaban J connectivity index is 0.00000361. The number of carbonyl (C=O) groups excluding carboxylic acids is 5. The smallest absolute Gasteiger partial charge is 0.325 e. The lowest BCUT2D eigenvalue weighted by atomic mass is 10.1. The molecule has 36 heavy (non-hydrogen) atoms. The lowest BCUT2D eigenvalue weighted by Gasteiger charge is -2.32. The number of carbonyl (C=O) groups is 5. The van der Waals surface area contributed by atoms with E-state index < -0.39 is 47.8 Å². The number of hydrogen-bond donors (Lipinski definition) is 4. The number of imidazole rings is 1. The van der Waals surface area contributed by atoms with Crippen molar-refractivity contribution >= 4 is 29.7 Å². The third-order valence-corrected chi connectivity index (χ3v) is 6.18. The first-order valence-corrected chi connectivity index (χ1v) is 11.4. The second-order valence-corrected chi connectivity index (χ2v) is 8.61. The molecule has 0 radical (unpaired) electrons. The van der Waals surface area contributed by atoms with Crippen molar-refractivity contribution in [2.45, 2.75) is 50.4 Å². The number of nitrogens with two attached hydrogens (primary N) is 1. The normalized spacial score (nSPS) is 20.3. The van der Waals surface area contributed by atoms with Crippen molar-refractivity contribution in [3.63, 3.8) is 0 Å². The van der Waals surface area contributed by atoms with Gasteiger partial charge >= 0.3 is 6.03 Å². The van der Waals surface area contributed by atoms with Crippen LogP contribution in [0, 0.1) is 0 Å². The topological polar surface area (TPSA) is 202 Å². The molecule has 2 aromatic rings. The van der Waals surface area contributed by atoms with Gasteiger partial charge in [0, 0.05) is 24.9 Å². The fraction of sp³-hybridized carbons (Fsp3) is 0.391. The summed E-state index contributed by atoms with van der Waals surface area (Å²) >= 11 is 0. The molecule has 2 aliphatic heterocycles. The maximum atomic E-state index is 13.3. The molecular weight excluding hydrogens is 470 g/mol. The molecule has 13 heteroatoms. The van der Waals surface area contributed by atoms with Gasteiger partial charge in [0.25, 0.3) is 0 Å². The lowest BCUT2D eigenvalue weighted by molar-refractivity contribution is -0.141. The first kappa shape index (κ1) is 26.3. The van der Waals surface area contributed by atoms with Gasteiger partial charge in [-0.3, -0.25) is 24.1 Å². The zero-order valence-electron chi connectivity index (χ0n) is 19.5. The Morgan fingerprint density at radius 1 is 1.19 bits per heavy atom. The van der Waals surface area contributed by atoms with Gasteiger partial charge in [-0.25, -0.2) is 9.78 Å². The molecule has 2 fully saturated rings. The van der Waals surface area contributed by atoms with Crippen LogP contribution in [0.5, 0.6) is 0 Å². The van der Waals surface area contributed by atoms with E-state index in [1.54, 1.807) is 24.3 Å². The Kier molecular flexibility index (Phi) is 8.38. The standard InChI is InChI=1S/C23H27N7O5.H2O/c24-20(32)18-7-4-8-29(18)22(34)17(9-15-11-25-13-26-15)27-21(33)16-10-19(31)30(23(35)28-16)12-14-5-2-1-3-6-14;/h1-3,5-6,11,13,16-18H,4,7-10,12H2,(H2,24,32)(H,25,26)(H,27,33)(H,28,35);1H2/t16?,17-,18-;/m0./s1. The number of urea groups is 1. The second kappa shape index (κ2) is 11.4. The van der Waals surface area contributed by atoms with E-state index in [0.717, 1.165) is 10.5 Å². The summed E-state index contributed by atoms with van der Waals surface area (Å²) in [6.07, 6.45) is 3.88. The minimum Gasteiger partial charge on any atom is -0.412 e. The number of primary amides is 1. The number of imide groups is 1. The van der Waals surface area contributed by atoms with Crippen molar-refractivity contribution in [2.24, 2.45) is 5.73 Å². The molecule has 3 atom stereocenters. The largest absolute Gasteiger partial charge is 0.412 e. The van der Waals surface area contributed by atoms with Crippen molar-refractivity contribution in [3.05, 3.63) is 54.1 Å². The molecule has 2 aliphatic rings. The number of nitrogens with one attached hydrogen (secondary N) is 3. The van der Waals surface area contributed by atoms with E-state index in [2.05, 4.69) is 20.6 Å². The quantitative estimate of drug-likeness (QED) is 0.344. The number of benzene rings is 1. The van der Waals surface area contributed by atoms with Crippen LogP contribution in [0.4, 0.5) is 4.79 Å². The molecule has 13 nitrogen and oxygen atoms in total. The first-order chi connectivity index (χ1) is 16.8. The molecule has 2 saturated heterocycles. The molecule has 1 aromatic carbocycles. The monoisotopic (exact) mass is 499 g/mol. The molecule has 7 N–H and O–H groups in total. The summed E-state index contributed by atoms with van der Waals surface area (Å²) in [5, 5.41) is 5.20. The van der Waals surface area contributed by atoms with Crippen LogP contribution in [0.15, 0.2) is 42.9 Å². The molecule has 0 bridgehead atoms. The van der Waals surface area contributed by atoms with Crippen molar-refractivity contribution in [2.75, 3.05) is 6.54 Å². The Morgan fingerprint density at radius 2 is 1.94 bits per heavy atom. The summed E-state index contributed by atoms with van der Waals surface area (Å²) in [7, 11) is 0. The number of hydrogen-bond acceptors (Lipinski definition) is 6. The van der Waals surface area contributed by atoms with E-state index >= 15 is 0 Å². The Labute approximate surface area is 206 Å². The third-order valence-electron chi connectivity index (χ3n) is 6.18. The lowest BCUT2D eigenvalue weighted by Crippen LogP contribution is -2.61. The maximum Gasteiger partial charge on any atom is 0.325 e. The van der Waals surface area contributed by atoms with Crippen LogP contribution in [0.1, 0.15) is 30.5 Å². The molecule has 1 unspecified atom stereocenters. The van der Waals surface area contributed by atoms with Crippen LogP contribution in [0.3, 0.4) is 0 Å². The minimum atomic E-state index is -1.13. The van der Waals surface area contributed by atoms with E-state index in [9.17, 15) is 24.0 Å². The average molecular weight is 500 g/mol. The van der Waals surface area contributed by atoms with E-state index in [1.165, 1.54) is 17.4 Å². The summed E-state index contributed by atoms with van der Waals surface area (Å²) < 4.78 is 0. The van der Waals surface area contributed by atoms with E-state index in [1.807, 2.05) is 6.07 Å². The third kappa shape index (κ3) is 5.86. The number of likely N-dealkylation sites (tertiary alicyclic amines) is 1. The minimum absolute atomic E-state index is 0. The summed E-state index contributed by atoms with van der Waals surface area (Å²) in [5.74, 6) is -2.24. The number of rotatable bonds is 8. The molecule has 192 valence electrons. The van der Waals surface area contributed by atoms with Gasteiger partial charge < -0.3 is 31.7 Å². The van der Waals surface area contributed by atoms with Gasteiger partial charge in [0.1, 0.15) is 18.1 Å². The highest BCUT2D eigenvalue weighted by Crippen LogP contribution is 2.19. The summed E-state index contributed by atoms with van der Waals surface area (Å²) in [5.41, 5.74) is 6.82. The molecule has 0 saturated carbocycles. The molecule has 0 aliphatic carbocycles. The predicted molar refractivity (Wildman–Crippen MR) is 126 cm³/mol. The van der Waals surface area contributed by atoms with Gasteiger partial charge in [-0.2, -0.15) is 0 Å². The number of nitrogens with zero attached hydrogens (tertiary/aromatic N) is 3. The first-order valence-electron chi connectivity index (χ1n) is 11.4. The SMILES string of the molecule is NC(=O)[C@@H]1CCCN1C(=O)[C@H](Cc1cnc[nH]1)NC(=O)C1CC(=O)N(Cc2ccccc2)C(=O)N1.O. The van der Waals surface area contributed by atoms with Crippen LogP contribution in [0.2, 0.25) is 0 Å². The Morgan fingerprint density at radius 3 is 2.58 bits per heavy atom. The van der Waals surface area contributed by atoms with Gasteiger partial charge in [0.05, 0.1) is 19.3 Å². The summed E-state index contributed by atoms with van der Waals surface area (Å²) in [6.45, 7) is 0.430. The average Bonchev–Trinajstić information content (AvgIpc) is 3.53. The second-order valence-electron chi connectivity index (χ2n) is 8.61. The fourth-order valence-corrected chi connectivity index (χ4v) is 4.38. The highest BCUT2D eigenvalue weighted by atomic mass is 16.2. The Hall–Kier alpha value is -4.26. The van der Waals surface area contributed by atoms with Crippen LogP contribution in [-0.4, -0.2) is 79.6 Å². The number of aromatic amines is 1. The summed E-state index contributed by atoms with van der Waals surface area (Å²) in [4.78, 5) is 72.6. The van der Waals surface area contributed by atoms with Gasteiger partial charge in [0.15, 0.2) is 0 Å². The summed E-state index contributed by atoms with van der Waals surface area (Å²) in [6, 6.07) is 5.42. The van der Waals surface area contributed by atoms with Crippen molar-refractivity contribution < 1.29 is 29.4 Å². The molecule has 6 amide bonds. The highest BCUT2D eigenvalue weighted by molar-refractivity contribution is 6.03. The van der Waals surface area contributed by atoms with Crippen molar-refractivity contribution in [1.29, 1.82) is 0 Å². The molecule has 4 rings (SSSR count). The van der Waals surface area contributed by atoms with Gasteiger partial charge in [-0.1, -0.05) is 30.3 Å². The highest BCUT2D eigenvalue weighted by Gasteiger charge is 2.40. The predicted octanol–water partition coefficient (Wildman–Crippen LogP) is -1.40. The van der Waals surface area contributed by atoms with E-state index in [-0.39, 0.29) is 24.9 Å². The van der Waals surface area contributed by atoms with Gasteiger partial charge in [-0.15, -0.1) is 0 Å². The fourth-order valence-electron chi connectivity index (χ4n) is 4.38. The van der Waals surface area contributed by atoms with Crippen LogP contribution in [-0.2, 0) is 32.1 Å². The van der Waals surface area contributed by atoms with Gasteiger partial charge in [0.2, 0.25) is 23.6 Å². The molecular formula is C23H29N7O6. The number of amides is 6. The van der Waals surface area contributed by atoms with E-state index in [4.69, 9.17) is 5.73 Å². The molecule has 0 spiro atoms. The maximum absolute atomic E-state index is 13.3. The molecule has 1 aromatic heterocycles. The van der Waals surface area contributed by atoms with Crippen molar-refractivity contribution in [3.8, 4) is 0 Å². The molecule has 3 heterocycles. The van der Waals surface area contributed by atoms with Gasteiger partial charge in [-0.05, 0) is 18.4 Å².